The summed E-state index contributed by atoms with van der Waals surface area (Å²) in [5.41, 5.74) is 7.84. The molecule has 0 spiro atoms. The van der Waals surface area contributed by atoms with E-state index in [1.54, 1.807) is 24.5 Å². The summed E-state index contributed by atoms with van der Waals surface area (Å²) in [6.45, 7) is 12.3. The number of rotatable bonds is 46. The predicted octanol–water partition coefficient (Wildman–Crippen LogP) is 1.09. The monoisotopic (exact) mass is 1020 g/mol. The van der Waals surface area contributed by atoms with Gasteiger partial charge in [0.05, 0.1) is 151 Å². The summed E-state index contributed by atoms with van der Waals surface area (Å²) in [4.78, 5) is 75.7. The highest BCUT2D eigenvalue weighted by molar-refractivity contribution is 6.12. The van der Waals surface area contributed by atoms with Crippen LogP contribution in [0.4, 0.5) is 10.5 Å². The van der Waals surface area contributed by atoms with Crippen molar-refractivity contribution in [3.05, 3.63) is 41.7 Å². The molecule has 0 atom stereocenters. The van der Waals surface area contributed by atoms with Crippen LogP contribution < -0.4 is 21.7 Å². The van der Waals surface area contributed by atoms with Crippen molar-refractivity contribution in [1.29, 1.82) is 0 Å². The Labute approximate surface area is 422 Å². The summed E-state index contributed by atoms with van der Waals surface area (Å²) in [7, 11) is 0. The van der Waals surface area contributed by atoms with E-state index in [0.29, 0.717) is 201 Å². The zero-order chi connectivity index (χ0) is 51.5. The van der Waals surface area contributed by atoms with Gasteiger partial charge in [0.15, 0.2) is 0 Å². The Kier molecular flexibility index (Phi) is 35.3. The number of imide groups is 1. The topological polar surface area (TPSA) is 281 Å². The van der Waals surface area contributed by atoms with Gasteiger partial charge in [-0.05, 0) is 31.4 Å². The van der Waals surface area contributed by atoms with Gasteiger partial charge in [-0.25, -0.2) is 14.9 Å². The molecule has 0 fully saturated rings. The zero-order valence-corrected chi connectivity index (χ0v) is 42.0. The second kappa shape index (κ2) is 41.5. The third kappa shape index (κ3) is 30.1. The Morgan fingerprint density at radius 3 is 1.57 bits per heavy atom. The number of pyridine rings is 1. The molecule has 0 bridgehead atoms. The number of amidine groups is 1. The number of hydrogen-bond donors (Lipinski definition) is 4. The van der Waals surface area contributed by atoms with Crippen LogP contribution in [0.2, 0.25) is 0 Å². The molecule has 3 heterocycles. The second-order valence-corrected chi connectivity index (χ2v) is 15.8. The van der Waals surface area contributed by atoms with Crippen LogP contribution in [0, 0.1) is 0 Å². The van der Waals surface area contributed by atoms with E-state index in [1.165, 1.54) is 22.1 Å². The minimum atomic E-state index is -0.376. The highest BCUT2D eigenvalue weighted by Crippen LogP contribution is 2.26. The number of urea groups is 1. The normalized spacial score (nSPS) is 13.2. The van der Waals surface area contributed by atoms with E-state index in [4.69, 9.17) is 57.9 Å². The molecule has 1 aromatic heterocycles. The summed E-state index contributed by atoms with van der Waals surface area (Å²) in [6, 6.07) is 1.40. The third-order valence-electron chi connectivity index (χ3n) is 10.00. The van der Waals surface area contributed by atoms with Gasteiger partial charge < -0.3 is 69.1 Å². The van der Waals surface area contributed by atoms with Crippen LogP contribution in [0.3, 0.4) is 0 Å². The van der Waals surface area contributed by atoms with Gasteiger partial charge in [0.1, 0.15) is 5.84 Å². The molecule has 2 aliphatic heterocycles. The number of hydrogen-bond acceptors (Lipinski definition) is 19. The molecule has 0 aromatic carbocycles. The van der Waals surface area contributed by atoms with Gasteiger partial charge in [-0.3, -0.25) is 33.9 Å². The molecule has 3 rings (SSSR count). The molecule has 406 valence electrons. The Balaban J connectivity index is 0.943. The number of nitrogens with one attached hydrogen (secondary N) is 3. The lowest BCUT2D eigenvalue weighted by Crippen LogP contribution is -2.41. The highest BCUT2D eigenvalue weighted by atomic mass is 16.7. The van der Waals surface area contributed by atoms with Crippen LogP contribution in [-0.2, 0) is 71.4 Å². The molecule has 5 N–H and O–H groups in total. The molecule has 72 heavy (non-hydrogen) atoms. The fourth-order valence-corrected chi connectivity index (χ4v) is 6.40. The molecular weight excluding hydrogens is 945 g/mol. The predicted molar refractivity (Wildman–Crippen MR) is 263 cm³/mol. The largest absolute Gasteiger partial charge is 0.387 e. The van der Waals surface area contributed by atoms with E-state index in [9.17, 15) is 24.0 Å². The van der Waals surface area contributed by atoms with Gasteiger partial charge in [0.25, 0.3) is 17.7 Å². The van der Waals surface area contributed by atoms with Crippen LogP contribution in [0.25, 0.3) is 6.08 Å². The van der Waals surface area contributed by atoms with E-state index in [-0.39, 0.29) is 49.2 Å². The minimum absolute atomic E-state index is 0.0518. The van der Waals surface area contributed by atoms with Crippen molar-refractivity contribution in [2.24, 2.45) is 10.7 Å². The molecule has 0 radical (unpaired) electrons. The maximum absolute atomic E-state index is 13.3. The molecule has 0 saturated carbocycles. The third-order valence-corrected chi connectivity index (χ3v) is 10.00. The van der Waals surface area contributed by atoms with Gasteiger partial charge in [-0.15, -0.1) is 0 Å². The number of nitrogens with zero attached hydrogens (tertiary/aromatic N) is 4. The second-order valence-electron chi connectivity index (χ2n) is 15.8. The minimum Gasteiger partial charge on any atom is -0.387 e. The van der Waals surface area contributed by atoms with E-state index < -0.39 is 0 Å². The van der Waals surface area contributed by atoms with Crippen molar-refractivity contribution < 1.29 is 76.2 Å². The maximum atomic E-state index is 13.3. The van der Waals surface area contributed by atoms with Crippen molar-refractivity contribution >= 4 is 47.3 Å². The number of ether oxygens (including phenoxy) is 10. The lowest BCUT2D eigenvalue weighted by atomic mass is 10.1. The number of nitrogens with two attached hydrogens (primary N) is 1. The van der Waals surface area contributed by atoms with Crippen LogP contribution in [-0.4, -0.2) is 222 Å². The number of unbranched alkanes of at least 4 members (excludes halogenated alkanes) is 2. The highest BCUT2D eigenvalue weighted by Gasteiger charge is 2.23. The summed E-state index contributed by atoms with van der Waals surface area (Å²) in [5, 5.41) is 9.51. The Hall–Kier alpha value is -4.99. The number of carbonyl (C=O) groups is 5. The van der Waals surface area contributed by atoms with Crippen LogP contribution in [0.15, 0.2) is 41.2 Å². The Bertz CT molecular complexity index is 1760. The van der Waals surface area contributed by atoms with Gasteiger partial charge >= 0.3 is 6.03 Å². The smallest absolute Gasteiger partial charge is 0.314 e. The molecule has 6 amide bonds. The number of fused-ring (bicyclic) bond motifs is 1. The molecule has 2 aliphatic rings. The first-order valence-corrected chi connectivity index (χ1v) is 24.8. The fraction of sp³-hybridized carbons (Fsp3) is 0.688. The number of hydroxylamine groups is 2. The SMILES string of the molecule is CCCN(OCCNC(=O)NCCOCCOCCOCCOCCOCCOCCOCCOCCOCCOCCNC(=O)CCCCCN1C(=O)C=CC1=O)C(=O)C1=Cc2ccncc2N=C(N)C1. The average Bonchev–Trinajstić information content (AvgIpc) is 3.58. The summed E-state index contributed by atoms with van der Waals surface area (Å²) in [5.74, 6) is -0.607. The quantitative estimate of drug-likeness (QED) is 0.0404. The zero-order valence-electron chi connectivity index (χ0n) is 42.0. The first-order valence-electron chi connectivity index (χ1n) is 24.8. The van der Waals surface area contributed by atoms with Gasteiger partial charge in [0.2, 0.25) is 5.91 Å². The molecule has 0 saturated heterocycles. The Morgan fingerprint density at radius 2 is 1.08 bits per heavy atom. The summed E-state index contributed by atoms with van der Waals surface area (Å²) >= 11 is 0. The standard InChI is InChI=1S/C48H78N8O16/c1-2-14-56(47(60)41-37-40-9-10-50-39-42(40)54-43(49)38-41)72-18-13-53-48(61)52-12-17-63-20-22-65-24-26-67-28-30-69-32-34-71-36-35-70-33-31-68-29-27-66-25-23-64-21-19-62-16-11-51-44(57)6-4-3-5-15-55-45(58)7-8-46(55)59/h7-10,37,39H,2-6,11-36,38H2,1H3,(H2,49,54)(H,51,57)(H2,52,53,61). The first-order chi connectivity index (χ1) is 35.3. The van der Waals surface area contributed by atoms with Gasteiger partial charge in [0, 0.05) is 75.1 Å². The molecule has 1 aromatic rings. The molecule has 24 nitrogen and oxygen atoms in total. The lowest BCUT2D eigenvalue weighted by molar-refractivity contribution is -0.181. The van der Waals surface area contributed by atoms with Crippen LogP contribution in [0.1, 0.15) is 51.0 Å². The number of amides is 6. The lowest BCUT2D eigenvalue weighted by Gasteiger charge is -2.22. The van der Waals surface area contributed by atoms with Crippen LogP contribution in [0.5, 0.6) is 0 Å². The van der Waals surface area contributed by atoms with Crippen molar-refractivity contribution in [2.45, 2.75) is 45.4 Å². The molecule has 0 unspecified atom stereocenters. The van der Waals surface area contributed by atoms with Crippen molar-refractivity contribution in [1.82, 2.24) is 30.9 Å². The number of aliphatic imine (C=N–C) groups is 1. The van der Waals surface area contributed by atoms with E-state index in [1.807, 2.05) is 6.92 Å². The average molecular weight is 1020 g/mol. The Morgan fingerprint density at radius 1 is 0.625 bits per heavy atom. The van der Waals surface area contributed by atoms with Crippen molar-refractivity contribution in [2.75, 3.05) is 171 Å². The molecular formula is C48H78N8O16. The maximum Gasteiger partial charge on any atom is 0.314 e. The summed E-state index contributed by atoms with van der Waals surface area (Å²) < 4.78 is 55.0. The first kappa shape index (κ1) is 61.3. The number of aromatic nitrogens is 1. The summed E-state index contributed by atoms with van der Waals surface area (Å²) in [6.07, 6.45) is 10.9. The van der Waals surface area contributed by atoms with Crippen LogP contribution >= 0.6 is 0 Å². The van der Waals surface area contributed by atoms with Gasteiger partial charge in [-0.1, -0.05) is 13.3 Å². The van der Waals surface area contributed by atoms with Crippen molar-refractivity contribution in [3.8, 4) is 0 Å². The molecule has 0 aliphatic carbocycles. The van der Waals surface area contributed by atoms with E-state index in [0.717, 1.165) is 12.0 Å². The van der Waals surface area contributed by atoms with E-state index >= 15 is 0 Å². The van der Waals surface area contributed by atoms with Gasteiger partial charge in [-0.2, -0.15) is 0 Å². The molecule has 24 heteroatoms. The van der Waals surface area contributed by atoms with E-state index in [2.05, 4.69) is 25.9 Å². The number of carbonyl (C=O) groups excluding carboxylic acids is 5. The van der Waals surface area contributed by atoms with Crippen molar-refractivity contribution in [3.63, 3.8) is 0 Å². The fourth-order valence-electron chi connectivity index (χ4n) is 6.40.